The second-order valence-electron chi connectivity index (χ2n) is 11.0. The Bertz CT molecular complexity index is 1150. The van der Waals surface area contributed by atoms with Gasteiger partial charge in [-0.1, -0.05) is 33.3 Å². The molecule has 2 aliphatic heterocycles. The number of nitrogens with two attached hydrogens (primary N) is 1. The van der Waals surface area contributed by atoms with Crippen LogP contribution in [0.15, 0.2) is 41.6 Å². The van der Waals surface area contributed by atoms with Crippen molar-refractivity contribution in [1.82, 2.24) is 31.2 Å². The average Bonchev–Trinajstić information content (AvgIpc) is 3.55. The van der Waals surface area contributed by atoms with E-state index in [2.05, 4.69) is 53.9 Å². The molecule has 0 radical (unpaired) electrons. The number of para-hydroxylation sites is 1. The zero-order valence-electron chi connectivity index (χ0n) is 21.0. The summed E-state index contributed by atoms with van der Waals surface area (Å²) in [4.78, 5) is 23.2. The highest BCUT2D eigenvalue weighted by Crippen LogP contribution is 2.34. The molecule has 5 rings (SSSR count). The van der Waals surface area contributed by atoms with Crippen LogP contribution in [0.4, 0.5) is 21.9 Å². The van der Waals surface area contributed by atoms with E-state index in [1.54, 1.807) is 9.91 Å². The van der Waals surface area contributed by atoms with Gasteiger partial charge in [-0.2, -0.15) is 4.98 Å². The normalized spacial score (nSPS) is 21.3. The van der Waals surface area contributed by atoms with Crippen LogP contribution in [0.1, 0.15) is 63.7 Å². The number of piperidine rings is 1. The van der Waals surface area contributed by atoms with Gasteiger partial charge in [-0.15, -0.1) is 0 Å². The van der Waals surface area contributed by atoms with Gasteiger partial charge in [0.05, 0.1) is 17.3 Å². The summed E-state index contributed by atoms with van der Waals surface area (Å²) in [7, 11) is 0. The second-order valence-corrected chi connectivity index (χ2v) is 11.0. The predicted molar refractivity (Wildman–Crippen MR) is 135 cm³/mol. The number of carbonyl (C=O) groups is 1. The molecule has 1 saturated carbocycles. The Morgan fingerprint density at radius 1 is 1.17 bits per heavy atom. The van der Waals surface area contributed by atoms with Gasteiger partial charge in [0.25, 0.3) is 11.9 Å². The van der Waals surface area contributed by atoms with Crippen LogP contribution in [0.2, 0.25) is 0 Å². The summed E-state index contributed by atoms with van der Waals surface area (Å²) in [6, 6.07) is 9.51. The topological polar surface area (TPSA) is 127 Å². The van der Waals surface area contributed by atoms with Gasteiger partial charge in [0.1, 0.15) is 5.82 Å². The number of hydrogen-bond acceptors (Lipinski definition) is 10. The van der Waals surface area contributed by atoms with Crippen molar-refractivity contribution < 1.29 is 9.28 Å². The molecule has 1 aliphatic carbocycles. The molecule has 3 aliphatic rings. The Balaban J connectivity index is 1.55. The molecule has 192 valence electrons. The lowest BCUT2D eigenvalue weighted by Crippen LogP contribution is -2.60. The van der Waals surface area contributed by atoms with Crippen molar-refractivity contribution in [2.24, 2.45) is 10.8 Å². The minimum absolute atomic E-state index is 0.0389. The van der Waals surface area contributed by atoms with Gasteiger partial charge in [0.15, 0.2) is 0 Å². The average molecular weight is 497 g/mol. The number of amides is 1. The van der Waals surface area contributed by atoms with E-state index in [4.69, 9.17) is 10.7 Å². The summed E-state index contributed by atoms with van der Waals surface area (Å²) in [6.45, 7) is 8.61. The number of nitrogens with one attached hydrogen (secondary N) is 3. The number of rotatable bonds is 6. The summed E-state index contributed by atoms with van der Waals surface area (Å²) in [5.41, 5.74) is 8.97. The van der Waals surface area contributed by atoms with Crippen LogP contribution in [0.3, 0.4) is 0 Å². The molecule has 1 aromatic heterocycles. The van der Waals surface area contributed by atoms with Crippen LogP contribution < -0.4 is 26.8 Å². The lowest BCUT2D eigenvalue weighted by Gasteiger charge is -2.46. The number of halogens is 1. The number of anilines is 3. The van der Waals surface area contributed by atoms with Gasteiger partial charge in [-0.05, 0) is 70.9 Å². The van der Waals surface area contributed by atoms with Crippen molar-refractivity contribution in [2.75, 3.05) is 10.2 Å². The van der Waals surface area contributed by atoms with Gasteiger partial charge >= 0.3 is 0 Å². The number of aromatic nitrogens is 2. The van der Waals surface area contributed by atoms with Crippen molar-refractivity contribution in [3.63, 3.8) is 0 Å². The van der Waals surface area contributed by atoms with Crippen LogP contribution in [-0.4, -0.2) is 55.3 Å². The number of guanidine groups is 1. The number of primary amides is 1. The Labute approximate surface area is 209 Å². The van der Waals surface area contributed by atoms with Crippen molar-refractivity contribution in [1.29, 1.82) is 0 Å². The number of benzene rings is 1. The summed E-state index contributed by atoms with van der Waals surface area (Å²) < 4.78 is 14.3. The van der Waals surface area contributed by atoms with E-state index >= 15 is 0 Å². The summed E-state index contributed by atoms with van der Waals surface area (Å²) >= 11 is 0. The number of nitrogens with zero attached hydrogens (tertiary/aromatic N) is 6. The molecule has 1 amide bonds. The van der Waals surface area contributed by atoms with E-state index in [1.807, 2.05) is 30.3 Å². The Hall–Kier alpha value is -3.51. The largest absolute Gasteiger partial charge is 0.366 e. The van der Waals surface area contributed by atoms with Crippen molar-refractivity contribution in [2.45, 2.75) is 76.5 Å². The fourth-order valence-corrected chi connectivity index (χ4v) is 5.30. The first-order valence-corrected chi connectivity index (χ1v) is 12.2. The zero-order valence-corrected chi connectivity index (χ0v) is 21.0. The Morgan fingerprint density at radius 3 is 2.44 bits per heavy atom. The molecule has 12 heteroatoms. The lowest BCUT2D eigenvalue weighted by molar-refractivity contribution is -0.0646. The highest BCUT2D eigenvalue weighted by molar-refractivity contribution is 6.02. The van der Waals surface area contributed by atoms with E-state index in [9.17, 15) is 9.28 Å². The maximum atomic E-state index is 14.3. The highest BCUT2D eigenvalue weighted by Gasteiger charge is 2.41. The van der Waals surface area contributed by atoms with Crippen LogP contribution in [0.25, 0.3) is 0 Å². The molecule has 36 heavy (non-hydrogen) atoms. The van der Waals surface area contributed by atoms with Crippen LogP contribution >= 0.6 is 0 Å². The molecular weight excluding hydrogens is 463 g/mol. The van der Waals surface area contributed by atoms with E-state index in [1.165, 1.54) is 6.20 Å². The molecular formula is C24H33FN10O. The van der Waals surface area contributed by atoms with E-state index < -0.39 is 5.91 Å². The number of hydrazone groups is 1. The van der Waals surface area contributed by atoms with E-state index in [-0.39, 0.29) is 40.0 Å². The molecule has 2 aromatic rings. The summed E-state index contributed by atoms with van der Waals surface area (Å²) in [5.74, 6) is 0.251. The molecule has 11 nitrogen and oxygen atoms in total. The molecule has 0 unspecified atom stereocenters. The minimum atomic E-state index is -0.628. The fourth-order valence-electron chi connectivity index (χ4n) is 5.30. The number of hydrazine groups is 2. The Morgan fingerprint density at radius 2 is 1.83 bits per heavy atom. The molecule has 1 aromatic carbocycles. The van der Waals surface area contributed by atoms with Crippen molar-refractivity contribution in [3.8, 4) is 0 Å². The highest BCUT2D eigenvalue weighted by atomic mass is 19.2. The summed E-state index contributed by atoms with van der Waals surface area (Å²) in [5, 5.41) is 13.0. The predicted octanol–water partition coefficient (Wildman–Crippen LogP) is 2.79. The first kappa shape index (κ1) is 24.2. The van der Waals surface area contributed by atoms with Gasteiger partial charge in [0.2, 0.25) is 5.95 Å². The molecule has 3 heterocycles. The number of hydrogen-bond donors (Lipinski definition) is 4. The quantitative estimate of drug-likeness (QED) is 0.447. The molecule has 0 bridgehead atoms. The fraction of sp³-hybridized carbons (Fsp3) is 0.500. The minimum Gasteiger partial charge on any atom is -0.366 e. The maximum absolute atomic E-state index is 14.3. The molecule has 0 atom stereocenters. The van der Waals surface area contributed by atoms with E-state index in [0.29, 0.717) is 17.5 Å². The van der Waals surface area contributed by atoms with Crippen LogP contribution in [0.5, 0.6) is 0 Å². The first-order valence-electron chi connectivity index (χ1n) is 12.2. The molecule has 5 N–H and O–H groups in total. The smallest absolute Gasteiger partial charge is 0.254 e. The van der Waals surface area contributed by atoms with E-state index in [0.717, 1.165) is 25.7 Å². The third-order valence-corrected chi connectivity index (χ3v) is 6.48. The van der Waals surface area contributed by atoms with Gasteiger partial charge in [-0.25, -0.2) is 9.88 Å². The van der Waals surface area contributed by atoms with Crippen LogP contribution in [-0.2, 0) is 0 Å². The standard InChI is InChI=1S/C24H33FN10O/c1-23(2)12-15(13-24(3,4)31-23)28-20-18(19(26)36)14-27-21(29-20)33(16-8-6-5-7-9-16)22-30-35(25)32-34(22)17-10-11-17/h5-9,14-15,17,31-32H,10-13H2,1-4H3,(H2,26,36)(H,27,28,29). The third-order valence-electron chi connectivity index (χ3n) is 6.48. The van der Waals surface area contributed by atoms with Gasteiger partial charge in [-0.3, -0.25) is 9.80 Å². The summed E-state index contributed by atoms with van der Waals surface area (Å²) in [6.07, 6.45) is 4.88. The SMILES string of the molecule is CC1(C)CC(Nc2nc(N(C3=NN(F)NN3C3CC3)c3ccccc3)ncc2C(N)=O)CC(C)(C)N1. The van der Waals surface area contributed by atoms with Crippen LogP contribution in [0, 0.1) is 0 Å². The molecule has 1 saturated heterocycles. The molecule has 2 fully saturated rings. The third kappa shape index (κ3) is 5.05. The number of carbonyl (C=O) groups excluding carboxylic acids is 1. The van der Waals surface area contributed by atoms with Crippen molar-refractivity contribution >= 4 is 29.3 Å². The monoisotopic (exact) mass is 496 g/mol. The first-order chi connectivity index (χ1) is 17.0. The van der Waals surface area contributed by atoms with Gasteiger partial charge < -0.3 is 16.4 Å². The Kier molecular flexibility index (Phi) is 5.95. The zero-order chi connectivity index (χ0) is 25.7. The van der Waals surface area contributed by atoms with Crippen molar-refractivity contribution in [3.05, 3.63) is 42.1 Å². The van der Waals surface area contributed by atoms with Gasteiger partial charge in [0, 0.05) is 23.3 Å². The maximum Gasteiger partial charge on any atom is 0.254 e. The second kappa shape index (κ2) is 8.86. The molecule has 0 spiro atoms. The lowest BCUT2D eigenvalue weighted by atomic mass is 9.79.